The molecule has 3 aromatic rings. The van der Waals surface area contributed by atoms with Gasteiger partial charge in [-0.2, -0.15) is 0 Å². The molecule has 0 saturated heterocycles. The molecule has 2 aromatic heterocycles. The van der Waals surface area contributed by atoms with Gasteiger partial charge >= 0.3 is 0 Å². The van der Waals surface area contributed by atoms with Gasteiger partial charge in [-0.15, -0.1) is 22.7 Å². The van der Waals surface area contributed by atoms with Crippen LogP contribution >= 0.6 is 22.7 Å². The van der Waals surface area contributed by atoms with Crippen LogP contribution < -0.4 is 4.80 Å². The van der Waals surface area contributed by atoms with E-state index >= 15 is 0 Å². The molecule has 0 bridgehead atoms. The number of benzene rings is 1. The van der Waals surface area contributed by atoms with Crippen molar-refractivity contribution in [3.05, 3.63) is 57.5 Å². The molecule has 1 N–H and O–H groups in total. The van der Waals surface area contributed by atoms with Crippen LogP contribution in [0.15, 0.2) is 52.2 Å². The lowest BCUT2D eigenvalue weighted by atomic mass is 10.2. The summed E-state index contributed by atoms with van der Waals surface area (Å²) in [6.45, 7) is 2.72. The molecular weight excluding hydrogens is 300 g/mol. The maximum absolute atomic E-state index is 9.35. The number of hydrogen-bond donors (Lipinski definition) is 1. The van der Waals surface area contributed by atoms with Gasteiger partial charge in [0.05, 0.1) is 22.9 Å². The summed E-state index contributed by atoms with van der Waals surface area (Å²) in [6.07, 6.45) is 0. The van der Waals surface area contributed by atoms with Crippen LogP contribution in [-0.4, -0.2) is 16.3 Å². The number of aryl methyl sites for hydroxylation is 1. The van der Waals surface area contributed by atoms with Gasteiger partial charge in [0.1, 0.15) is 0 Å². The number of rotatable bonds is 4. The molecule has 0 fully saturated rings. The summed E-state index contributed by atoms with van der Waals surface area (Å²) in [5.74, 6) is 0. The third-order valence-electron chi connectivity index (χ3n) is 3.23. The standard InChI is InChI=1S/C16H16N2OS2/c1-12-5-2-3-6-13(12)17-16-18(8-9-19)14(11-21-16)15-7-4-10-20-15/h2-7,10-11,19H,8-9H2,1H3. The van der Waals surface area contributed by atoms with Crippen molar-refractivity contribution in [3.63, 3.8) is 0 Å². The van der Waals surface area contributed by atoms with Crippen molar-refractivity contribution in [3.8, 4) is 10.6 Å². The van der Waals surface area contributed by atoms with E-state index in [9.17, 15) is 5.11 Å². The Labute approximate surface area is 131 Å². The Balaban J connectivity index is 2.13. The van der Waals surface area contributed by atoms with E-state index in [1.165, 1.54) is 4.88 Å². The van der Waals surface area contributed by atoms with Crippen molar-refractivity contribution < 1.29 is 5.11 Å². The zero-order valence-corrected chi connectivity index (χ0v) is 13.3. The van der Waals surface area contributed by atoms with Crippen LogP contribution in [0.2, 0.25) is 0 Å². The molecule has 0 atom stereocenters. The zero-order chi connectivity index (χ0) is 14.7. The summed E-state index contributed by atoms with van der Waals surface area (Å²) in [5.41, 5.74) is 3.25. The summed E-state index contributed by atoms with van der Waals surface area (Å²) in [7, 11) is 0. The van der Waals surface area contributed by atoms with Gasteiger partial charge in [0.2, 0.25) is 0 Å². The lowest BCUT2D eigenvalue weighted by Crippen LogP contribution is -2.17. The number of thiophene rings is 1. The van der Waals surface area contributed by atoms with Crippen LogP contribution in [0.5, 0.6) is 0 Å². The number of para-hydroxylation sites is 1. The van der Waals surface area contributed by atoms with E-state index in [4.69, 9.17) is 4.99 Å². The molecule has 0 aliphatic carbocycles. The van der Waals surface area contributed by atoms with E-state index < -0.39 is 0 Å². The van der Waals surface area contributed by atoms with Gasteiger partial charge < -0.3 is 9.67 Å². The van der Waals surface area contributed by atoms with Crippen LogP contribution in [0, 0.1) is 6.92 Å². The Hall–Kier alpha value is -1.69. The van der Waals surface area contributed by atoms with E-state index in [-0.39, 0.29) is 6.61 Å². The highest BCUT2D eigenvalue weighted by atomic mass is 32.1. The Kier molecular flexibility index (Phi) is 4.34. The number of hydrogen-bond acceptors (Lipinski definition) is 4. The van der Waals surface area contributed by atoms with Gasteiger partial charge in [-0.25, -0.2) is 4.99 Å². The molecular formula is C16H16N2OS2. The average molecular weight is 316 g/mol. The second kappa shape index (κ2) is 6.39. The van der Waals surface area contributed by atoms with Crippen molar-refractivity contribution in [2.45, 2.75) is 13.5 Å². The quantitative estimate of drug-likeness (QED) is 0.781. The van der Waals surface area contributed by atoms with Crippen molar-refractivity contribution >= 4 is 28.4 Å². The van der Waals surface area contributed by atoms with E-state index in [0.29, 0.717) is 6.54 Å². The van der Waals surface area contributed by atoms with Gasteiger partial charge in [-0.3, -0.25) is 0 Å². The van der Waals surface area contributed by atoms with E-state index in [0.717, 1.165) is 21.7 Å². The third-order valence-corrected chi connectivity index (χ3v) is 4.98. The second-order valence-corrected chi connectivity index (χ2v) is 6.44. The monoisotopic (exact) mass is 316 g/mol. The highest BCUT2D eigenvalue weighted by Gasteiger charge is 2.08. The topological polar surface area (TPSA) is 37.5 Å². The summed E-state index contributed by atoms with van der Waals surface area (Å²) in [4.78, 5) is 6.88. The predicted molar refractivity (Wildman–Crippen MR) is 89.1 cm³/mol. The summed E-state index contributed by atoms with van der Waals surface area (Å²) in [5, 5.41) is 13.5. The van der Waals surface area contributed by atoms with Crippen LogP contribution in [0.1, 0.15) is 5.56 Å². The van der Waals surface area contributed by atoms with Gasteiger partial charge in [0.15, 0.2) is 4.80 Å². The van der Waals surface area contributed by atoms with Gasteiger partial charge in [0.25, 0.3) is 0 Å². The predicted octanol–water partition coefficient (Wildman–Crippen LogP) is 3.81. The number of thiazole rings is 1. The first-order chi connectivity index (χ1) is 10.3. The largest absolute Gasteiger partial charge is 0.395 e. The Morgan fingerprint density at radius 3 is 2.71 bits per heavy atom. The van der Waals surface area contributed by atoms with E-state index in [1.54, 1.807) is 22.7 Å². The van der Waals surface area contributed by atoms with E-state index in [1.807, 2.05) is 24.3 Å². The minimum absolute atomic E-state index is 0.107. The minimum Gasteiger partial charge on any atom is -0.395 e. The van der Waals surface area contributed by atoms with Crippen LogP contribution in [0.25, 0.3) is 10.6 Å². The third kappa shape index (κ3) is 3.00. The Bertz CT molecular complexity index is 785. The highest BCUT2D eigenvalue weighted by Crippen LogP contribution is 2.25. The molecule has 0 unspecified atom stereocenters. The average Bonchev–Trinajstić information content (AvgIpc) is 3.12. The maximum atomic E-state index is 9.35. The van der Waals surface area contributed by atoms with Crippen molar-refractivity contribution in [2.75, 3.05) is 6.61 Å². The molecule has 1 aromatic carbocycles. The fourth-order valence-electron chi connectivity index (χ4n) is 2.15. The van der Waals surface area contributed by atoms with Crippen molar-refractivity contribution in [1.29, 1.82) is 0 Å². The Morgan fingerprint density at radius 2 is 2.00 bits per heavy atom. The number of aliphatic hydroxyl groups excluding tert-OH is 1. The molecule has 5 heteroatoms. The summed E-state index contributed by atoms with van der Waals surface area (Å²) in [6, 6.07) is 12.2. The number of aliphatic hydroxyl groups is 1. The minimum atomic E-state index is 0.107. The zero-order valence-electron chi connectivity index (χ0n) is 11.7. The van der Waals surface area contributed by atoms with Crippen LogP contribution in [0.3, 0.4) is 0 Å². The molecule has 0 aliphatic rings. The van der Waals surface area contributed by atoms with Crippen LogP contribution in [-0.2, 0) is 6.54 Å². The smallest absolute Gasteiger partial charge is 0.190 e. The first kappa shape index (κ1) is 14.3. The first-order valence-electron chi connectivity index (χ1n) is 6.73. The van der Waals surface area contributed by atoms with Crippen molar-refractivity contribution in [2.24, 2.45) is 4.99 Å². The number of aromatic nitrogens is 1. The lowest BCUT2D eigenvalue weighted by molar-refractivity contribution is 0.275. The summed E-state index contributed by atoms with van der Waals surface area (Å²) < 4.78 is 2.09. The maximum Gasteiger partial charge on any atom is 0.190 e. The van der Waals surface area contributed by atoms with E-state index in [2.05, 4.69) is 34.4 Å². The lowest BCUT2D eigenvalue weighted by Gasteiger charge is -2.05. The first-order valence-corrected chi connectivity index (χ1v) is 8.49. The van der Waals surface area contributed by atoms with Gasteiger partial charge in [-0.1, -0.05) is 24.3 Å². The molecule has 0 saturated carbocycles. The summed E-state index contributed by atoms with van der Waals surface area (Å²) >= 11 is 3.31. The fraction of sp³-hybridized carbons (Fsp3) is 0.188. The fourth-order valence-corrected chi connectivity index (χ4v) is 3.91. The SMILES string of the molecule is Cc1ccccc1N=c1scc(-c2cccs2)n1CCO. The number of nitrogens with zero attached hydrogens (tertiary/aromatic N) is 2. The molecule has 0 spiro atoms. The molecule has 3 rings (SSSR count). The molecule has 0 radical (unpaired) electrons. The Morgan fingerprint density at radius 1 is 1.14 bits per heavy atom. The molecule has 3 nitrogen and oxygen atoms in total. The van der Waals surface area contributed by atoms with Gasteiger partial charge in [0, 0.05) is 11.9 Å². The van der Waals surface area contributed by atoms with Gasteiger partial charge in [-0.05, 0) is 30.0 Å². The molecule has 0 aliphatic heterocycles. The van der Waals surface area contributed by atoms with Crippen LogP contribution in [0.4, 0.5) is 5.69 Å². The van der Waals surface area contributed by atoms with Crippen molar-refractivity contribution in [1.82, 2.24) is 4.57 Å². The highest BCUT2D eigenvalue weighted by molar-refractivity contribution is 7.14. The molecule has 0 amide bonds. The molecule has 21 heavy (non-hydrogen) atoms. The normalized spacial score (nSPS) is 12.0. The molecule has 108 valence electrons. The molecule has 2 heterocycles. The second-order valence-electron chi connectivity index (χ2n) is 4.65.